The van der Waals surface area contributed by atoms with Crippen molar-refractivity contribution in [3.05, 3.63) is 120 Å². The normalized spacial score (nSPS) is 22.8. The molecule has 3 atom stereocenters. The van der Waals surface area contributed by atoms with Crippen molar-refractivity contribution in [1.82, 2.24) is 0 Å². The molecule has 1 saturated carbocycles. The van der Waals surface area contributed by atoms with Gasteiger partial charge in [-0.05, 0) is 41.9 Å². The van der Waals surface area contributed by atoms with Crippen LogP contribution in [0.4, 0.5) is 0 Å². The molecule has 5 rings (SSSR count). The van der Waals surface area contributed by atoms with Crippen LogP contribution in [0.25, 0.3) is 0 Å². The Kier molecular flexibility index (Phi) is 4.78. The molecule has 0 amide bonds. The Bertz CT molecular complexity index is 828. The molecule has 0 spiro atoms. The molecule has 3 aromatic rings. The van der Waals surface area contributed by atoms with Crippen molar-refractivity contribution in [2.75, 3.05) is 0 Å². The topological polar surface area (TPSA) is 0 Å². The molecule has 0 saturated heterocycles. The van der Waals surface area contributed by atoms with Gasteiger partial charge < -0.3 is 0 Å². The van der Waals surface area contributed by atoms with Crippen molar-refractivity contribution in [3.8, 4) is 0 Å². The summed E-state index contributed by atoms with van der Waals surface area (Å²) in [4.78, 5) is 0. The maximum Gasteiger partial charge on any atom is 0.0738 e. The lowest BCUT2D eigenvalue weighted by atomic mass is 10.2. The molecule has 0 bridgehead atoms. The molecule has 2 aliphatic rings. The van der Waals surface area contributed by atoms with Gasteiger partial charge in [-0.15, -0.1) is 0 Å². The Hall–Kier alpha value is -2.38. The van der Waals surface area contributed by atoms with Crippen molar-refractivity contribution >= 4 is 8.07 Å². The van der Waals surface area contributed by atoms with Gasteiger partial charge in [-0.1, -0.05) is 120 Å². The van der Waals surface area contributed by atoms with Gasteiger partial charge in [0.25, 0.3) is 0 Å². The van der Waals surface area contributed by atoms with Crippen molar-refractivity contribution in [2.24, 2.45) is 11.8 Å². The fraction of sp³-hybridized carbons (Fsp3) is 0.259. The third-order valence-corrected chi connectivity index (χ3v) is 12.2. The zero-order valence-electron chi connectivity index (χ0n) is 16.4. The Morgan fingerprint density at radius 1 is 0.571 bits per heavy atom. The molecule has 2 aliphatic carbocycles. The first-order valence-electron chi connectivity index (χ1n) is 10.6. The van der Waals surface area contributed by atoms with Gasteiger partial charge >= 0.3 is 0 Å². The van der Waals surface area contributed by atoms with Crippen LogP contribution in [0.15, 0.2) is 103 Å². The van der Waals surface area contributed by atoms with Crippen LogP contribution in [0.2, 0.25) is 5.54 Å². The van der Waals surface area contributed by atoms with Crippen LogP contribution < -0.4 is 0 Å². The molecule has 0 nitrogen and oxygen atoms in total. The second-order valence-corrected chi connectivity index (χ2v) is 13.3. The van der Waals surface area contributed by atoms with Gasteiger partial charge in [0.2, 0.25) is 0 Å². The average molecular weight is 381 g/mol. The van der Waals surface area contributed by atoms with Crippen LogP contribution in [-0.2, 0) is 18.1 Å². The van der Waals surface area contributed by atoms with Crippen molar-refractivity contribution < 1.29 is 0 Å². The summed E-state index contributed by atoms with van der Waals surface area (Å²) in [7, 11) is -1.69. The van der Waals surface area contributed by atoms with E-state index in [-0.39, 0.29) is 0 Å². The Morgan fingerprint density at radius 3 is 1.32 bits per heavy atom. The molecule has 0 heterocycles. The number of benzene rings is 3. The molecule has 0 aromatic heterocycles. The van der Waals surface area contributed by atoms with Crippen LogP contribution in [0, 0.1) is 11.8 Å². The standard InChI is InChI=1S/C27H28Si/c1-4-10-22(11-5-1)19-28(20-23-12-6-2-7-13-23,21-24-14-8-3-9-15-24)27-17-16-25-18-26(25)27/h1-17,25-27H,18-21H2/t25-,26+,27+/m1/s1. The van der Waals surface area contributed by atoms with Crippen LogP contribution in [-0.4, -0.2) is 8.07 Å². The molecule has 3 aromatic carbocycles. The van der Waals surface area contributed by atoms with E-state index >= 15 is 0 Å². The largest absolute Gasteiger partial charge is 0.0875 e. The molecular weight excluding hydrogens is 352 g/mol. The second kappa shape index (κ2) is 7.56. The summed E-state index contributed by atoms with van der Waals surface area (Å²) in [5.74, 6) is 1.79. The zero-order valence-corrected chi connectivity index (χ0v) is 17.4. The first-order chi connectivity index (χ1) is 13.8. The molecule has 1 heteroatoms. The number of fused-ring (bicyclic) bond motifs is 1. The van der Waals surface area contributed by atoms with E-state index in [0.717, 1.165) is 17.4 Å². The van der Waals surface area contributed by atoms with Crippen molar-refractivity contribution in [3.63, 3.8) is 0 Å². The zero-order chi connectivity index (χ0) is 18.8. The SMILES string of the molecule is C1=C[C@H]([Si](Cc2ccccc2)(Cc2ccccc2)Cc2ccccc2)[C@H]2C[C@@H]12. The molecule has 0 unspecified atom stereocenters. The van der Waals surface area contributed by atoms with Gasteiger partial charge in [-0.3, -0.25) is 0 Å². The maximum absolute atomic E-state index is 2.62. The minimum Gasteiger partial charge on any atom is -0.0875 e. The molecule has 1 fully saturated rings. The quantitative estimate of drug-likeness (QED) is 0.330. The summed E-state index contributed by atoms with van der Waals surface area (Å²) in [6, 6.07) is 37.6. The highest BCUT2D eigenvalue weighted by molar-refractivity contribution is 6.80. The van der Waals surface area contributed by atoms with Gasteiger partial charge in [-0.25, -0.2) is 0 Å². The van der Waals surface area contributed by atoms with E-state index in [9.17, 15) is 0 Å². The van der Waals surface area contributed by atoms with Gasteiger partial charge in [0, 0.05) is 0 Å². The summed E-state index contributed by atoms with van der Waals surface area (Å²) >= 11 is 0. The maximum atomic E-state index is 2.62. The van der Waals surface area contributed by atoms with Crippen molar-refractivity contribution in [2.45, 2.75) is 30.1 Å². The van der Waals surface area contributed by atoms with Gasteiger partial charge in [0.05, 0.1) is 8.07 Å². The lowest BCUT2D eigenvalue weighted by molar-refractivity contribution is 0.791. The lowest BCUT2D eigenvalue weighted by Crippen LogP contribution is -2.48. The van der Waals surface area contributed by atoms with Crippen LogP contribution in [0.3, 0.4) is 0 Å². The summed E-state index contributed by atoms with van der Waals surface area (Å²) in [6.45, 7) is 0. The van der Waals surface area contributed by atoms with Gasteiger partial charge in [0.15, 0.2) is 0 Å². The number of hydrogen-bond acceptors (Lipinski definition) is 0. The fourth-order valence-corrected chi connectivity index (χ4v) is 11.5. The molecular formula is C27H28Si. The fourth-order valence-electron chi connectivity index (χ4n) is 5.48. The summed E-state index contributed by atoms with van der Waals surface area (Å²) in [6.07, 6.45) is 6.59. The Labute approximate surface area is 170 Å². The molecule has 28 heavy (non-hydrogen) atoms. The van der Waals surface area contributed by atoms with E-state index < -0.39 is 8.07 Å². The molecule has 0 aliphatic heterocycles. The van der Waals surface area contributed by atoms with Gasteiger partial charge in [-0.2, -0.15) is 0 Å². The average Bonchev–Trinajstić information content (AvgIpc) is 3.38. The van der Waals surface area contributed by atoms with E-state index in [0.29, 0.717) is 0 Å². The first kappa shape index (κ1) is 17.7. The van der Waals surface area contributed by atoms with E-state index in [1.54, 1.807) is 0 Å². The minimum absolute atomic E-state index is 0.804. The summed E-state index contributed by atoms with van der Waals surface area (Å²) in [5, 5.41) is 0. The van der Waals surface area contributed by atoms with E-state index in [1.807, 2.05) is 0 Å². The third-order valence-electron chi connectivity index (χ3n) is 6.82. The number of allylic oxidation sites excluding steroid dienone is 2. The molecule has 0 N–H and O–H groups in total. The molecule has 140 valence electrons. The van der Waals surface area contributed by atoms with Crippen LogP contribution >= 0.6 is 0 Å². The van der Waals surface area contributed by atoms with E-state index in [1.165, 1.54) is 41.2 Å². The highest BCUT2D eigenvalue weighted by atomic mass is 28.3. The predicted octanol–water partition coefficient (Wildman–Crippen LogP) is 6.36. The highest BCUT2D eigenvalue weighted by Gasteiger charge is 2.54. The summed E-state index contributed by atoms with van der Waals surface area (Å²) in [5.41, 5.74) is 5.38. The van der Waals surface area contributed by atoms with Crippen LogP contribution in [0.1, 0.15) is 23.1 Å². The highest BCUT2D eigenvalue weighted by Crippen LogP contribution is 2.58. The smallest absolute Gasteiger partial charge is 0.0738 e. The Morgan fingerprint density at radius 2 is 1.00 bits per heavy atom. The van der Waals surface area contributed by atoms with Crippen LogP contribution in [0.5, 0.6) is 0 Å². The lowest BCUT2D eigenvalue weighted by Gasteiger charge is -2.38. The van der Waals surface area contributed by atoms with E-state index in [4.69, 9.17) is 0 Å². The van der Waals surface area contributed by atoms with E-state index in [2.05, 4.69) is 103 Å². The van der Waals surface area contributed by atoms with Gasteiger partial charge in [0.1, 0.15) is 0 Å². The second-order valence-electron chi connectivity index (χ2n) is 8.82. The third kappa shape index (κ3) is 3.64. The first-order valence-corrected chi connectivity index (χ1v) is 13.3. The minimum atomic E-state index is -1.69. The monoisotopic (exact) mass is 380 g/mol. The Balaban J connectivity index is 1.57. The summed E-state index contributed by atoms with van der Waals surface area (Å²) < 4.78 is 0. The number of rotatable bonds is 7. The molecule has 0 radical (unpaired) electrons. The number of hydrogen-bond donors (Lipinski definition) is 0. The predicted molar refractivity (Wildman–Crippen MR) is 121 cm³/mol. The van der Waals surface area contributed by atoms with Crippen molar-refractivity contribution in [1.29, 1.82) is 0 Å².